The van der Waals surface area contributed by atoms with Crippen LogP contribution >= 0.6 is 0 Å². The Morgan fingerprint density at radius 2 is 2.19 bits per heavy atom. The van der Waals surface area contributed by atoms with Gasteiger partial charge in [0, 0.05) is 12.6 Å². The molecule has 1 aliphatic heterocycles. The van der Waals surface area contributed by atoms with E-state index in [-0.39, 0.29) is 22.9 Å². The van der Waals surface area contributed by atoms with Crippen molar-refractivity contribution in [1.82, 2.24) is 4.31 Å². The molecule has 1 aromatic carbocycles. The maximum atomic E-state index is 12.7. The van der Waals surface area contributed by atoms with Crippen LogP contribution in [0.4, 0.5) is 0 Å². The van der Waals surface area contributed by atoms with Gasteiger partial charge in [-0.15, -0.1) is 0 Å². The molecule has 1 heterocycles. The van der Waals surface area contributed by atoms with Crippen LogP contribution in [0.2, 0.25) is 0 Å². The van der Waals surface area contributed by atoms with Crippen LogP contribution in [0.5, 0.6) is 5.75 Å². The summed E-state index contributed by atoms with van der Waals surface area (Å²) in [6.45, 7) is 2.34. The number of methoxy groups -OCH3 is 1. The van der Waals surface area contributed by atoms with Crippen molar-refractivity contribution in [3.63, 3.8) is 0 Å². The molecule has 1 aliphatic rings. The van der Waals surface area contributed by atoms with E-state index in [1.54, 1.807) is 6.07 Å². The van der Waals surface area contributed by atoms with Crippen LogP contribution in [-0.2, 0) is 21.2 Å². The Morgan fingerprint density at radius 3 is 2.71 bits per heavy atom. The lowest BCUT2D eigenvalue weighted by Gasteiger charge is -2.22. The van der Waals surface area contributed by atoms with Crippen LogP contribution in [0.25, 0.3) is 0 Å². The predicted molar refractivity (Wildman–Crippen MR) is 76.9 cm³/mol. The summed E-state index contributed by atoms with van der Waals surface area (Å²) in [4.78, 5) is 11.0. The quantitative estimate of drug-likeness (QED) is 0.890. The molecule has 0 spiro atoms. The zero-order valence-electron chi connectivity index (χ0n) is 12.1. The fourth-order valence-electron chi connectivity index (χ4n) is 2.63. The van der Waals surface area contributed by atoms with Crippen molar-refractivity contribution < 1.29 is 23.1 Å². The van der Waals surface area contributed by atoms with Crippen molar-refractivity contribution >= 4 is 16.0 Å². The number of rotatable bonds is 5. The molecule has 1 aromatic rings. The molecule has 6 nitrogen and oxygen atoms in total. The fourth-order valence-corrected chi connectivity index (χ4v) is 4.53. The summed E-state index contributed by atoms with van der Waals surface area (Å²) in [5.41, 5.74) is 0.251. The molecular weight excluding hydrogens is 294 g/mol. The van der Waals surface area contributed by atoms with Crippen molar-refractivity contribution in [1.29, 1.82) is 0 Å². The van der Waals surface area contributed by atoms with Crippen molar-refractivity contribution in [2.24, 2.45) is 0 Å². The van der Waals surface area contributed by atoms with Gasteiger partial charge in [0.05, 0.1) is 18.4 Å². The summed E-state index contributed by atoms with van der Waals surface area (Å²) in [5, 5.41) is 8.99. The first-order chi connectivity index (χ1) is 9.86. The van der Waals surface area contributed by atoms with Crippen LogP contribution in [0, 0.1) is 0 Å². The predicted octanol–water partition coefficient (Wildman–Crippen LogP) is 1.50. The third-order valence-corrected chi connectivity index (χ3v) is 5.80. The van der Waals surface area contributed by atoms with Crippen LogP contribution in [0.3, 0.4) is 0 Å². The van der Waals surface area contributed by atoms with E-state index in [1.165, 1.54) is 23.5 Å². The first kappa shape index (κ1) is 15.8. The molecule has 1 N–H and O–H groups in total. The van der Waals surface area contributed by atoms with E-state index < -0.39 is 16.0 Å². The zero-order chi connectivity index (χ0) is 15.6. The van der Waals surface area contributed by atoms with E-state index in [0.29, 0.717) is 12.3 Å². The number of carboxylic acid groups (broad SMARTS) is 1. The number of sulfonamides is 1. The first-order valence-corrected chi connectivity index (χ1v) is 8.21. The summed E-state index contributed by atoms with van der Waals surface area (Å²) in [5.74, 6) is -0.631. The van der Waals surface area contributed by atoms with E-state index in [4.69, 9.17) is 9.84 Å². The molecule has 7 heteroatoms. The number of carbonyl (C=O) groups is 1. The highest BCUT2D eigenvalue weighted by Crippen LogP contribution is 2.30. The van der Waals surface area contributed by atoms with E-state index in [1.807, 2.05) is 6.92 Å². The summed E-state index contributed by atoms with van der Waals surface area (Å²) < 4.78 is 32.0. The molecule has 1 saturated heterocycles. The smallest absolute Gasteiger partial charge is 0.307 e. The molecule has 0 amide bonds. The van der Waals surface area contributed by atoms with E-state index in [2.05, 4.69) is 0 Å². The minimum Gasteiger partial charge on any atom is -0.497 e. The lowest BCUT2D eigenvalue weighted by atomic mass is 10.1. The number of aliphatic carboxylic acids is 1. The molecule has 0 aliphatic carbocycles. The Kier molecular flexibility index (Phi) is 4.53. The molecular formula is C14H19NO5S. The van der Waals surface area contributed by atoms with Crippen molar-refractivity contribution in [3.8, 4) is 5.75 Å². The zero-order valence-corrected chi connectivity index (χ0v) is 12.9. The van der Waals surface area contributed by atoms with Gasteiger partial charge in [0.2, 0.25) is 10.0 Å². The number of hydrogen-bond acceptors (Lipinski definition) is 4. The highest BCUT2D eigenvalue weighted by molar-refractivity contribution is 7.89. The maximum Gasteiger partial charge on any atom is 0.307 e. The molecule has 2 rings (SSSR count). The SMILES string of the molecule is COc1ccc(S(=O)(=O)N2CCCC2C)c(CC(=O)O)c1. The van der Waals surface area contributed by atoms with Crippen LogP contribution in [-0.4, -0.2) is 43.5 Å². The molecule has 0 bridgehead atoms. The molecule has 21 heavy (non-hydrogen) atoms. The maximum absolute atomic E-state index is 12.7. The molecule has 1 atom stereocenters. The average molecular weight is 313 g/mol. The highest BCUT2D eigenvalue weighted by atomic mass is 32.2. The van der Waals surface area contributed by atoms with Crippen molar-refractivity contribution in [2.75, 3.05) is 13.7 Å². The Balaban J connectivity index is 2.48. The normalized spacial score (nSPS) is 19.6. The monoisotopic (exact) mass is 313 g/mol. The lowest BCUT2D eigenvalue weighted by molar-refractivity contribution is -0.136. The van der Waals surface area contributed by atoms with Gasteiger partial charge in [-0.3, -0.25) is 4.79 Å². The van der Waals surface area contributed by atoms with Gasteiger partial charge in [0.1, 0.15) is 5.75 Å². The molecule has 0 saturated carbocycles. The Morgan fingerprint density at radius 1 is 1.48 bits per heavy atom. The summed E-state index contributed by atoms with van der Waals surface area (Å²) in [6.07, 6.45) is 1.29. The van der Waals surface area contributed by atoms with Crippen molar-refractivity contribution in [2.45, 2.75) is 37.1 Å². The number of ether oxygens (including phenoxy) is 1. The third-order valence-electron chi connectivity index (χ3n) is 3.69. The van der Waals surface area contributed by atoms with Crippen LogP contribution in [0.15, 0.2) is 23.1 Å². The minimum atomic E-state index is -3.67. The Hall–Kier alpha value is -1.60. The third kappa shape index (κ3) is 3.19. The summed E-state index contributed by atoms with van der Waals surface area (Å²) in [6, 6.07) is 4.38. The van der Waals surface area contributed by atoms with E-state index >= 15 is 0 Å². The van der Waals surface area contributed by atoms with Gasteiger partial charge < -0.3 is 9.84 Å². The first-order valence-electron chi connectivity index (χ1n) is 6.77. The fraction of sp³-hybridized carbons (Fsp3) is 0.500. The van der Waals surface area contributed by atoms with Gasteiger partial charge in [-0.05, 0) is 43.5 Å². The molecule has 0 aromatic heterocycles. The van der Waals surface area contributed by atoms with Gasteiger partial charge in [0.15, 0.2) is 0 Å². The van der Waals surface area contributed by atoms with Gasteiger partial charge in [-0.1, -0.05) is 0 Å². The second-order valence-electron chi connectivity index (χ2n) is 5.15. The van der Waals surface area contributed by atoms with Gasteiger partial charge >= 0.3 is 5.97 Å². The largest absolute Gasteiger partial charge is 0.497 e. The molecule has 0 radical (unpaired) electrons. The van der Waals surface area contributed by atoms with Gasteiger partial charge in [0.25, 0.3) is 0 Å². The topological polar surface area (TPSA) is 83.9 Å². The lowest BCUT2D eigenvalue weighted by Crippen LogP contribution is -2.34. The highest BCUT2D eigenvalue weighted by Gasteiger charge is 2.34. The summed E-state index contributed by atoms with van der Waals surface area (Å²) in [7, 11) is -2.22. The molecule has 116 valence electrons. The molecule has 1 fully saturated rings. The second-order valence-corrected chi connectivity index (χ2v) is 7.01. The van der Waals surface area contributed by atoms with Crippen LogP contribution < -0.4 is 4.74 Å². The molecule has 1 unspecified atom stereocenters. The summed E-state index contributed by atoms with van der Waals surface area (Å²) >= 11 is 0. The van der Waals surface area contributed by atoms with Crippen LogP contribution in [0.1, 0.15) is 25.3 Å². The standard InChI is InChI=1S/C14H19NO5S/c1-10-4-3-7-15(10)21(18,19)13-6-5-12(20-2)8-11(13)9-14(16)17/h5-6,8,10H,3-4,7,9H2,1-2H3,(H,16,17). The Labute approximate surface area is 124 Å². The van der Waals surface area contributed by atoms with Crippen molar-refractivity contribution in [3.05, 3.63) is 23.8 Å². The minimum absolute atomic E-state index is 0.0550. The number of carboxylic acids is 1. The number of nitrogens with zero attached hydrogens (tertiary/aromatic N) is 1. The van der Waals surface area contributed by atoms with Gasteiger partial charge in [-0.25, -0.2) is 8.42 Å². The number of benzene rings is 1. The Bertz CT molecular complexity index is 641. The second kappa shape index (κ2) is 6.03. The van der Waals surface area contributed by atoms with E-state index in [9.17, 15) is 13.2 Å². The van der Waals surface area contributed by atoms with E-state index in [0.717, 1.165) is 12.8 Å². The average Bonchev–Trinajstić information content (AvgIpc) is 2.84. The number of hydrogen-bond donors (Lipinski definition) is 1. The van der Waals surface area contributed by atoms with Gasteiger partial charge in [-0.2, -0.15) is 4.31 Å².